The summed E-state index contributed by atoms with van der Waals surface area (Å²) in [4.78, 5) is 2.52. The van der Waals surface area contributed by atoms with Gasteiger partial charge >= 0.3 is 0 Å². The molecule has 0 aromatic heterocycles. The maximum Gasteiger partial charge on any atom is 0.0787 e. The van der Waals surface area contributed by atoms with Gasteiger partial charge in [-0.25, -0.2) is 0 Å². The average molecular weight is 245 g/mol. The van der Waals surface area contributed by atoms with Gasteiger partial charge in [0, 0.05) is 18.8 Å². The van der Waals surface area contributed by atoms with E-state index < -0.39 is 0 Å². The van der Waals surface area contributed by atoms with Gasteiger partial charge in [-0.05, 0) is 48.8 Å². The molecule has 2 aliphatic rings. The van der Waals surface area contributed by atoms with E-state index in [1.54, 1.807) is 0 Å². The lowest BCUT2D eigenvalue weighted by Crippen LogP contribution is -2.20. The first-order valence-corrected chi connectivity index (χ1v) is 7.31. The molecule has 1 saturated carbocycles. The number of anilines is 1. The average Bonchev–Trinajstić information content (AvgIpc) is 2.99. The summed E-state index contributed by atoms with van der Waals surface area (Å²) in [5, 5.41) is 9.80. The Morgan fingerprint density at radius 2 is 1.78 bits per heavy atom. The lowest BCUT2D eigenvalue weighted by Gasteiger charge is -2.20. The fourth-order valence-corrected chi connectivity index (χ4v) is 3.59. The fourth-order valence-electron chi connectivity index (χ4n) is 3.59. The molecule has 0 radical (unpaired) electrons. The minimum atomic E-state index is -0.308. The maximum atomic E-state index is 9.80. The van der Waals surface area contributed by atoms with Crippen LogP contribution in [0.1, 0.15) is 44.3 Å². The van der Waals surface area contributed by atoms with Crippen molar-refractivity contribution >= 4 is 5.69 Å². The van der Waals surface area contributed by atoms with E-state index in [1.807, 2.05) is 6.92 Å². The van der Waals surface area contributed by atoms with E-state index in [9.17, 15) is 5.11 Å². The smallest absolute Gasteiger partial charge is 0.0787 e. The molecule has 1 heterocycles. The molecule has 2 nitrogen and oxygen atoms in total. The Bertz CT molecular complexity index is 388. The molecule has 3 rings (SSSR count). The van der Waals surface area contributed by atoms with Crippen LogP contribution >= 0.6 is 0 Å². The SMILES string of the molecule is CCC(O)c1ccc(N2CC3CCCC3C2)cc1. The van der Waals surface area contributed by atoms with E-state index >= 15 is 0 Å². The lowest BCUT2D eigenvalue weighted by atomic mass is 10.0. The zero-order valence-corrected chi connectivity index (χ0v) is 11.2. The molecule has 2 heteroatoms. The summed E-state index contributed by atoms with van der Waals surface area (Å²) in [5.74, 6) is 1.87. The molecule has 0 spiro atoms. The number of benzene rings is 1. The molecule has 98 valence electrons. The van der Waals surface area contributed by atoms with Gasteiger partial charge in [0.15, 0.2) is 0 Å². The predicted molar refractivity (Wildman–Crippen MR) is 74.7 cm³/mol. The first kappa shape index (κ1) is 12.0. The van der Waals surface area contributed by atoms with Gasteiger partial charge in [-0.2, -0.15) is 0 Å². The Morgan fingerprint density at radius 1 is 1.17 bits per heavy atom. The summed E-state index contributed by atoms with van der Waals surface area (Å²) in [6.45, 7) is 4.49. The van der Waals surface area contributed by atoms with Crippen LogP contribution < -0.4 is 4.90 Å². The lowest BCUT2D eigenvalue weighted by molar-refractivity contribution is 0.173. The molecule has 0 bridgehead atoms. The summed E-state index contributed by atoms with van der Waals surface area (Å²) < 4.78 is 0. The number of aliphatic hydroxyl groups is 1. The van der Waals surface area contributed by atoms with Crippen LogP contribution in [0.25, 0.3) is 0 Å². The third kappa shape index (κ3) is 2.14. The van der Waals surface area contributed by atoms with Crippen LogP contribution in [0.5, 0.6) is 0 Å². The van der Waals surface area contributed by atoms with Crippen molar-refractivity contribution in [1.82, 2.24) is 0 Å². The molecular formula is C16H23NO. The summed E-state index contributed by atoms with van der Waals surface area (Å²) in [6.07, 6.45) is 4.76. The Hall–Kier alpha value is -1.02. The normalized spacial score (nSPS) is 28.4. The van der Waals surface area contributed by atoms with Crippen LogP contribution in [0.3, 0.4) is 0 Å². The maximum absolute atomic E-state index is 9.80. The number of rotatable bonds is 3. The molecule has 0 amide bonds. The minimum absolute atomic E-state index is 0.308. The van der Waals surface area contributed by atoms with Gasteiger partial charge in [-0.1, -0.05) is 25.5 Å². The molecule has 1 aromatic carbocycles. The van der Waals surface area contributed by atoms with Crippen LogP contribution in [-0.2, 0) is 0 Å². The van der Waals surface area contributed by atoms with Crippen molar-refractivity contribution in [2.24, 2.45) is 11.8 Å². The standard InChI is InChI=1S/C16H23NO/c1-2-16(18)12-6-8-15(9-7-12)17-10-13-4-3-5-14(13)11-17/h6-9,13-14,16,18H,2-5,10-11H2,1H3. The van der Waals surface area contributed by atoms with Gasteiger partial charge in [0.25, 0.3) is 0 Å². The molecule has 1 aliphatic heterocycles. The Balaban J connectivity index is 1.70. The summed E-state index contributed by atoms with van der Waals surface area (Å²) in [5.41, 5.74) is 2.37. The van der Waals surface area contributed by atoms with Crippen molar-refractivity contribution in [2.75, 3.05) is 18.0 Å². The second-order valence-corrected chi connectivity index (χ2v) is 5.87. The largest absolute Gasteiger partial charge is 0.388 e. The third-order valence-electron chi connectivity index (χ3n) is 4.76. The summed E-state index contributed by atoms with van der Waals surface area (Å²) in [7, 11) is 0. The Morgan fingerprint density at radius 3 is 2.33 bits per heavy atom. The van der Waals surface area contributed by atoms with Gasteiger partial charge < -0.3 is 10.0 Å². The number of aliphatic hydroxyl groups excluding tert-OH is 1. The zero-order valence-electron chi connectivity index (χ0n) is 11.2. The van der Waals surface area contributed by atoms with E-state index in [2.05, 4.69) is 29.2 Å². The van der Waals surface area contributed by atoms with Crippen molar-refractivity contribution in [3.63, 3.8) is 0 Å². The Labute approximate surface area is 110 Å². The molecule has 2 fully saturated rings. The molecular weight excluding hydrogens is 222 g/mol. The summed E-state index contributed by atoms with van der Waals surface area (Å²) in [6, 6.07) is 8.51. The molecule has 1 N–H and O–H groups in total. The van der Waals surface area contributed by atoms with Gasteiger partial charge in [0.05, 0.1) is 6.10 Å². The molecule has 18 heavy (non-hydrogen) atoms. The summed E-state index contributed by atoms with van der Waals surface area (Å²) >= 11 is 0. The zero-order chi connectivity index (χ0) is 12.5. The van der Waals surface area contributed by atoms with Crippen molar-refractivity contribution in [1.29, 1.82) is 0 Å². The molecule has 1 saturated heterocycles. The quantitative estimate of drug-likeness (QED) is 0.882. The fraction of sp³-hybridized carbons (Fsp3) is 0.625. The highest BCUT2D eigenvalue weighted by Gasteiger charge is 2.35. The highest BCUT2D eigenvalue weighted by molar-refractivity contribution is 5.49. The number of fused-ring (bicyclic) bond motifs is 1. The van der Waals surface area contributed by atoms with Crippen LogP contribution in [0.2, 0.25) is 0 Å². The molecule has 3 atom stereocenters. The van der Waals surface area contributed by atoms with Gasteiger partial charge in [0.2, 0.25) is 0 Å². The van der Waals surface area contributed by atoms with E-state index in [0.717, 1.165) is 23.8 Å². The predicted octanol–water partition coefficient (Wildman–Crippen LogP) is 3.37. The van der Waals surface area contributed by atoms with Gasteiger partial charge in [-0.3, -0.25) is 0 Å². The van der Waals surface area contributed by atoms with Crippen LogP contribution in [0.15, 0.2) is 24.3 Å². The second kappa shape index (κ2) is 4.93. The van der Waals surface area contributed by atoms with Crippen LogP contribution in [0, 0.1) is 11.8 Å². The van der Waals surface area contributed by atoms with Crippen LogP contribution in [-0.4, -0.2) is 18.2 Å². The topological polar surface area (TPSA) is 23.5 Å². The van der Waals surface area contributed by atoms with Crippen molar-refractivity contribution in [3.8, 4) is 0 Å². The second-order valence-electron chi connectivity index (χ2n) is 5.87. The van der Waals surface area contributed by atoms with E-state index in [-0.39, 0.29) is 6.10 Å². The van der Waals surface area contributed by atoms with Gasteiger partial charge in [-0.15, -0.1) is 0 Å². The number of hydrogen-bond acceptors (Lipinski definition) is 2. The van der Waals surface area contributed by atoms with Crippen molar-refractivity contribution < 1.29 is 5.11 Å². The van der Waals surface area contributed by atoms with Crippen LogP contribution in [0.4, 0.5) is 5.69 Å². The molecule has 3 unspecified atom stereocenters. The van der Waals surface area contributed by atoms with Crippen molar-refractivity contribution in [3.05, 3.63) is 29.8 Å². The third-order valence-corrected chi connectivity index (χ3v) is 4.76. The van der Waals surface area contributed by atoms with E-state index in [0.29, 0.717) is 0 Å². The minimum Gasteiger partial charge on any atom is -0.388 e. The van der Waals surface area contributed by atoms with E-state index in [1.165, 1.54) is 38.0 Å². The molecule has 1 aromatic rings. The van der Waals surface area contributed by atoms with E-state index in [4.69, 9.17) is 0 Å². The highest BCUT2D eigenvalue weighted by atomic mass is 16.3. The monoisotopic (exact) mass is 245 g/mol. The highest BCUT2D eigenvalue weighted by Crippen LogP contribution is 2.39. The van der Waals surface area contributed by atoms with Gasteiger partial charge in [0.1, 0.15) is 0 Å². The number of hydrogen-bond donors (Lipinski definition) is 1. The molecule has 1 aliphatic carbocycles. The number of nitrogens with zero attached hydrogens (tertiary/aromatic N) is 1. The first-order chi connectivity index (χ1) is 8.78. The first-order valence-electron chi connectivity index (χ1n) is 7.31. The van der Waals surface area contributed by atoms with Crippen molar-refractivity contribution in [2.45, 2.75) is 38.7 Å². The Kier molecular flexibility index (Phi) is 3.29.